The molecule has 3 rings (SSSR count). The first-order chi connectivity index (χ1) is 14.6. The fourth-order valence-corrected chi connectivity index (χ4v) is 4.48. The number of carbonyl (C=O) groups is 1. The molecule has 1 saturated heterocycles. The van der Waals surface area contributed by atoms with Gasteiger partial charge in [0.2, 0.25) is 5.91 Å². The number of hydrogen-bond donors (Lipinski definition) is 0. The molecule has 0 spiro atoms. The molecular weight excluding hydrogens is 384 g/mol. The van der Waals surface area contributed by atoms with Gasteiger partial charge in [-0.3, -0.25) is 9.69 Å². The summed E-state index contributed by atoms with van der Waals surface area (Å²) in [5.74, 6) is 1.06. The van der Waals surface area contributed by atoms with Crippen LogP contribution in [0.4, 0.5) is 0 Å². The van der Waals surface area contributed by atoms with Crippen LogP contribution in [0.25, 0.3) is 0 Å². The normalized spacial score (nSPS) is 19.1. The summed E-state index contributed by atoms with van der Waals surface area (Å²) in [5.41, 5.74) is 3.31. The molecule has 1 amide bonds. The summed E-state index contributed by atoms with van der Waals surface area (Å²) < 4.78 is 5.27. The zero-order chi connectivity index (χ0) is 22.8. The average Bonchev–Trinajstić information content (AvgIpc) is 2.92. The van der Waals surface area contributed by atoms with Crippen molar-refractivity contribution in [3.05, 3.63) is 65.2 Å². The molecule has 2 aromatic rings. The van der Waals surface area contributed by atoms with Crippen molar-refractivity contribution in [1.29, 1.82) is 0 Å². The van der Waals surface area contributed by atoms with Crippen molar-refractivity contribution < 1.29 is 9.53 Å². The Kier molecular flexibility index (Phi) is 6.80. The van der Waals surface area contributed by atoms with Crippen LogP contribution in [0, 0.1) is 0 Å². The van der Waals surface area contributed by atoms with Gasteiger partial charge in [0.05, 0.1) is 12.6 Å². The third-order valence-electron chi connectivity index (χ3n) is 6.43. The first-order valence-electron chi connectivity index (χ1n) is 11.4. The van der Waals surface area contributed by atoms with Crippen LogP contribution >= 0.6 is 0 Å². The maximum Gasteiger partial charge on any atom is 0.244 e. The minimum atomic E-state index is -0.511. The quantitative estimate of drug-likeness (QED) is 0.585. The van der Waals surface area contributed by atoms with E-state index < -0.39 is 5.54 Å². The molecule has 1 atom stereocenters. The number of amides is 1. The van der Waals surface area contributed by atoms with Crippen LogP contribution in [0.5, 0.6) is 5.75 Å². The van der Waals surface area contributed by atoms with Crippen molar-refractivity contribution in [2.24, 2.45) is 0 Å². The van der Waals surface area contributed by atoms with Crippen molar-refractivity contribution in [2.75, 3.05) is 20.2 Å². The zero-order valence-electron chi connectivity index (χ0n) is 20.2. The fourth-order valence-electron chi connectivity index (χ4n) is 4.48. The minimum Gasteiger partial charge on any atom is -0.497 e. The van der Waals surface area contributed by atoms with E-state index in [0.29, 0.717) is 6.54 Å². The van der Waals surface area contributed by atoms with Crippen molar-refractivity contribution in [3.63, 3.8) is 0 Å². The molecule has 0 bridgehead atoms. The molecule has 0 aliphatic carbocycles. The summed E-state index contributed by atoms with van der Waals surface area (Å²) in [6.45, 7) is 14.6. The second-order valence-corrected chi connectivity index (χ2v) is 10.1. The molecule has 1 unspecified atom stereocenters. The summed E-state index contributed by atoms with van der Waals surface area (Å²) in [5, 5.41) is 0. The van der Waals surface area contributed by atoms with Gasteiger partial charge in [0.25, 0.3) is 0 Å². The standard InChI is InChI=1S/C27H38N2O2/c1-8-18-29-24(21-11-13-22(14-12-21)26(2,3)4)28(25(30)27(29,5)6)19-17-20-9-15-23(31-7)16-10-20/h9-16,24H,8,17-19H2,1-7H3. The molecule has 0 radical (unpaired) electrons. The second-order valence-electron chi connectivity index (χ2n) is 10.1. The van der Waals surface area contributed by atoms with Crippen LogP contribution in [0.15, 0.2) is 48.5 Å². The van der Waals surface area contributed by atoms with Gasteiger partial charge in [-0.05, 0) is 60.9 Å². The molecule has 1 heterocycles. The van der Waals surface area contributed by atoms with Crippen LogP contribution in [0.3, 0.4) is 0 Å². The molecular formula is C27H38N2O2. The van der Waals surface area contributed by atoms with Gasteiger partial charge in [0.1, 0.15) is 11.9 Å². The van der Waals surface area contributed by atoms with E-state index in [2.05, 4.69) is 87.7 Å². The van der Waals surface area contributed by atoms with E-state index in [0.717, 1.165) is 25.1 Å². The summed E-state index contributed by atoms with van der Waals surface area (Å²) in [6, 6.07) is 17.0. The molecule has 168 valence electrons. The molecule has 1 aliphatic heterocycles. The van der Waals surface area contributed by atoms with E-state index in [1.807, 2.05) is 12.1 Å². The topological polar surface area (TPSA) is 32.8 Å². The Morgan fingerprint density at radius 1 is 0.968 bits per heavy atom. The highest BCUT2D eigenvalue weighted by Crippen LogP contribution is 2.41. The first-order valence-corrected chi connectivity index (χ1v) is 11.4. The highest BCUT2D eigenvalue weighted by Gasteiger charge is 2.51. The number of ether oxygens (including phenoxy) is 1. The Labute approximate surface area is 188 Å². The lowest BCUT2D eigenvalue weighted by Gasteiger charge is -2.34. The molecule has 0 N–H and O–H groups in total. The number of carbonyl (C=O) groups excluding carboxylic acids is 1. The maximum absolute atomic E-state index is 13.5. The molecule has 4 heteroatoms. The van der Waals surface area contributed by atoms with E-state index >= 15 is 0 Å². The van der Waals surface area contributed by atoms with Gasteiger partial charge in [-0.2, -0.15) is 0 Å². The van der Waals surface area contributed by atoms with Crippen LogP contribution in [-0.2, 0) is 16.6 Å². The second kappa shape index (κ2) is 9.04. The van der Waals surface area contributed by atoms with Crippen LogP contribution < -0.4 is 4.74 Å². The zero-order valence-corrected chi connectivity index (χ0v) is 20.2. The van der Waals surface area contributed by atoms with Gasteiger partial charge in [-0.15, -0.1) is 0 Å². The summed E-state index contributed by atoms with van der Waals surface area (Å²) in [7, 11) is 1.68. The maximum atomic E-state index is 13.5. The third-order valence-corrected chi connectivity index (χ3v) is 6.43. The summed E-state index contributed by atoms with van der Waals surface area (Å²) in [6.07, 6.45) is 1.80. The molecule has 1 aliphatic rings. The molecule has 1 fully saturated rings. The predicted octanol–water partition coefficient (Wildman–Crippen LogP) is 5.57. The van der Waals surface area contributed by atoms with Crippen molar-refractivity contribution in [1.82, 2.24) is 9.80 Å². The van der Waals surface area contributed by atoms with Crippen LogP contribution in [0.2, 0.25) is 0 Å². The largest absolute Gasteiger partial charge is 0.497 e. The molecule has 2 aromatic carbocycles. The minimum absolute atomic E-state index is 0.0327. The molecule has 31 heavy (non-hydrogen) atoms. The lowest BCUT2D eigenvalue weighted by molar-refractivity contribution is -0.132. The van der Waals surface area contributed by atoms with Crippen LogP contribution in [-0.4, -0.2) is 41.4 Å². The highest BCUT2D eigenvalue weighted by molar-refractivity contribution is 5.88. The Morgan fingerprint density at radius 3 is 2.10 bits per heavy atom. The summed E-state index contributed by atoms with van der Waals surface area (Å²) >= 11 is 0. The van der Waals surface area contributed by atoms with E-state index in [4.69, 9.17) is 4.74 Å². The molecule has 0 aromatic heterocycles. The first kappa shape index (κ1) is 23.3. The number of rotatable bonds is 7. The average molecular weight is 423 g/mol. The van der Waals surface area contributed by atoms with E-state index in [-0.39, 0.29) is 17.5 Å². The van der Waals surface area contributed by atoms with Gasteiger partial charge in [-0.1, -0.05) is 64.1 Å². The van der Waals surface area contributed by atoms with Crippen molar-refractivity contribution >= 4 is 5.91 Å². The Bertz CT molecular complexity index is 879. The summed E-state index contributed by atoms with van der Waals surface area (Å²) in [4.78, 5) is 18.0. The van der Waals surface area contributed by atoms with Crippen molar-refractivity contribution in [2.45, 2.75) is 71.5 Å². The number of benzene rings is 2. The predicted molar refractivity (Wildman–Crippen MR) is 127 cm³/mol. The van der Waals surface area contributed by atoms with Gasteiger partial charge in [-0.25, -0.2) is 0 Å². The lowest BCUT2D eigenvalue weighted by Crippen LogP contribution is -2.44. The van der Waals surface area contributed by atoms with Crippen molar-refractivity contribution in [3.8, 4) is 5.75 Å². The molecule has 0 saturated carbocycles. The van der Waals surface area contributed by atoms with E-state index in [9.17, 15) is 4.79 Å². The Balaban J connectivity index is 1.91. The lowest BCUT2D eigenvalue weighted by atomic mass is 9.86. The number of methoxy groups -OCH3 is 1. The van der Waals surface area contributed by atoms with E-state index in [1.54, 1.807) is 7.11 Å². The number of nitrogens with zero attached hydrogens (tertiary/aromatic N) is 2. The van der Waals surface area contributed by atoms with Gasteiger partial charge in [0.15, 0.2) is 0 Å². The number of hydrogen-bond acceptors (Lipinski definition) is 3. The third kappa shape index (κ3) is 4.79. The Hall–Kier alpha value is -2.33. The van der Waals surface area contributed by atoms with Gasteiger partial charge >= 0.3 is 0 Å². The van der Waals surface area contributed by atoms with Gasteiger partial charge < -0.3 is 9.64 Å². The monoisotopic (exact) mass is 422 g/mol. The molecule has 4 nitrogen and oxygen atoms in total. The van der Waals surface area contributed by atoms with Gasteiger partial charge in [0, 0.05) is 13.1 Å². The SMILES string of the molecule is CCCN1C(c2ccc(C(C)(C)C)cc2)N(CCc2ccc(OC)cc2)C(=O)C1(C)C. The Morgan fingerprint density at radius 2 is 1.58 bits per heavy atom. The van der Waals surface area contributed by atoms with Crippen LogP contribution in [0.1, 0.15) is 70.8 Å². The highest BCUT2D eigenvalue weighted by atomic mass is 16.5. The smallest absolute Gasteiger partial charge is 0.244 e. The fraction of sp³-hybridized carbons (Fsp3) is 0.519. The van der Waals surface area contributed by atoms with E-state index in [1.165, 1.54) is 16.7 Å².